The Morgan fingerprint density at radius 2 is 0.861 bits per heavy atom. The zero-order valence-corrected chi connectivity index (χ0v) is 23.8. The maximum absolute atomic E-state index is 6.89. The zero-order valence-electron chi connectivity index (χ0n) is 21.0. The summed E-state index contributed by atoms with van der Waals surface area (Å²) in [6.07, 6.45) is 0.908. The first-order valence-electron chi connectivity index (χ1n) is 12.5. The van der Waals surface area contributed by atoms with Gasteiger partial charge >= 0.3 is 8.47 Å². The molecule has 0 atom stereocenters. The topological polar surface area (TPSA) is 27.7 Å². The van der Waals surface area contributed by atoms with Crippen molar-refractivity contribution in [2.45, 2.75) is 13.8 Å². The van der Waals surface area contributed by atoms with Gasteiger partial charge in [0.2, 0.25) is 0 Å². The lowest BCUT2D eigenvalue weighted by atomic mass is 10.4. The largest absolute Gasteiger partial charge is 0.536 e. The number of rotatable bonds is 13. The summed E-state index contributed by atoms with van der Waals surface area (Å²) in [4.78, 5) is 0. The monoisotopic (exact) mass is 532 g/mol. The molecule has 0 unspecified atom stereocenters. The summed E-state index contributed by atoms with van der Waals surface area (Å²) in [7, 11) is -4.63. The van der Waals surface area contributed by atoms with Crippen LogP contribution in [0.4, 0.5) is 0 Å². The van der Waals surface area contributed by atoms with Gasteiger partial charge in [0.15, 0.2) is 0 Å². The Morgan fingerprint density at radius 3 is 1.22 bits per heavy atom. The van der Waals surface area contributed by atoms with Crippen molar-refractivity contribution in [1.29, 1.82) is 0 Å². The molecule has 0 radical (unpaired) electrons. The van der Waals surface area contributed by atoms with Gasteiger partial charge in [0.1, 0.15) is 0 Å². The minimum atomic E-state index is -3.10. The van der Waals surface area contributed by atoms with Gasteiger partial charge in [0, 0.05) is 27.3 Å². The molecule has 6 heteroatoms. The van der Waals surface area contributed by atoms with E-state index in [1.807, 2.05) is 13.8 Å². The molecule has 0 aromatic heterocycles. The summed E-state index contributed by atoms with van der Waals surface area (Å²) < 4.78 is 20.0. The van der Waals surface area contributed by atoms with Gasteiger partial charge in [-0.3, -0.25) is 0 Å². The first-order valence-corrected chi connectivity index (χ1v) is 17.9. The van der Waals surface area contributed by atoms with E-state index in [1.165, 1.54) is 21.2 Å². The van der Waals surface area contributed by atoms with Gasteiger partial charge in [-0.2, -0.15) is 0 Å². The van der Waals surface area contributed by atoms with Crippen LogP contribution in [0.15, 0.2) is 121 Å². The van der Waals surface area contributed by atoms with Gasteiger partial charge in [-0.05, 0) is 49.1 Å². The predicted molar refractivity (Wildman–Crippen MR) is 158 cm³/mol. The van der Waals surface area contributed by atoms with E-state index in [9.17, 15) is 0 Å². The average Bonchev–Trinajstić information content (AvgIpc) is 2.94. The van der Waals surface area contributed by atoms with Crippen molar-refractivity contribution < 1.29 is 13.3 Å². The Bertz CT molecular complexity index is 1060. The van der Waals surface area contributed by atoms with Crippen LogP contribution in [0.5, 0.6) is 0 Å². The molecule has 0 amide bonds. The number of benzene rings is 4. The highest BCUT2D eigenvalue weighted by Gasteiger charge is 2.51. The molecule has 0 aliphatic carbocycles. The highest BCUT2D eigenvalue weighted by atomic mass is 31.4. The van der Waals surface area contributed by atoms with Crippen molar-refractivity contribution in [3.8, 4) is 0 Å². The van der Waals surface area contributed by atoms with Crippen LogP contribution in [-0.4, -0.2) is 34.5 Å². The molecule has 4 aromatic carbocycles. The fourth-order valence-corrected chi connectivity index (χ4v) is 15.1. The second-order valence-corrected chi connectivity index (χ2v) is 17.0. The molecular weight excluding hydrogens is 498 g/mol. The van der Waals surface area contributed by atoms with Crippen LogP contribution < -0.4 is 21.2 Å². The second-order valence-electron chi connectivity index (χ2n) is 8.07. The van der Waals surface area contributed by atoms with E-state index < -0.39 is 23.9 Å². The zero-order chi connectivity index (χ0) is 25.1. The maximum atomic E-state index is 6.89. The third kappa shape index (κ3) is 6.78. The molecule has 0 N–H and O–H groups in total. The SMILES string of the molecule is CCO[Si](OCC)(OCCP(c1ccccc1)c1ccccc1)P(c1ccccc1)c1ccccc1. The molecule has 0 saturated heterocycles. The standard InChI is InChI=1S/C30H34O3P2Si/c1-3-31-36(32-4-2,35(29-21-13-7-14-22-29)30-23-15-8-16-24-30)33-25-26-34(27-17-9-5-10-18-27)28-19-11-6-12-20-28/h5-24H,3-4,25-26H2,1-2H3. The lowest BCUT2D eigenvalue weighted by molar-refractivity contribution is 0.0960. The van der Waals surface area contributed by atoms with Crippen molar-refractivity contribution in [3.63, 3.8) is 0 Å². The van der Waals surface area contributed by atoms with E-state index in [-0.39, 0.29) is 0 Å². The van der Waals surface area contributed by atoms with Gasteiger partial charge in [0.25, 0.3) is 0 Å². The fourth-order valence-electron chi connectivity index (χ4n) is 4.19. The maximum Gasteiger partial charge on any atom is 0.536 e. The summed E-state index contributed by atoms with van der Waals surface area (Å²) in [6, 6.07) is 42.8. The van der Waals surface area contributed by atoms with E-state index in [0.29, 0.717) is 19.8 Å². The molecule has 0 saturated carbocycles. The number of hydrogen-bond acceptors (Lipinski definition) is 3. The molecule has 36 heavy (non-hydrogen) atoms. The van der Waals surface area contributed by atoms with E-state index in [2.05, 4.69) is 121 Å². The van der Waals surface area contributed by atoms with E-state index in [4.69, 9.17) is 13.3 Å². The quantitative estimate of drug-likeness (QED) is 0.162. The Hall–Kier alpha value is -2.16. The molecule has 4 aromatic rings. The normalized spacial score (nSPS) is 11.8. The number of hydrogen-bond donors (Lipinski definition) is 0. The average molecular weight is 533 g/mol. The van der Waals surface area contributed by atoms with Crippen molar-refractivity contribution in [3.05, 3.63) is 121 Å². The summed E-state index contributed by atoms with van der Waals surface area (Å²) in [5.74, 6) is 0. The lowest BCUT2D eigenvalue weighted by Crippen LogP contribution is -2.49. The predicted octanol–water partition coefficient (Wildman–Crippen LogP) is 5.78. The van der Waals surface area contributed by atoms with Crippen LogP contribution in [0.2, 0.25) is 0 Å². The second kappa shape index (κ2) is 14.0. The Kier molecular flexibility index (Phi) is 10.4. The smallest absolute Gasteiger partial charge is 0.370 e. The van der Waals surface area contributed by atoms with Gasteiger partial charge in [-0.25, -0.2) is 0 Å². The highest BCUT2D eigenvalue weighted by molar-refractivity contribution is 8.02. The van der Waals surface area contributed by atoms with Gasteiger partial charge in [-0.1, -0.05) is 121 Å². The Labute approximate surface area is 219 Å². The van der Waals surface area contributed by atoms with Crippen LogP contribution >= 0.6 is 15.4 Å². The third-order valence-electron chi connectivity index (χ3n) is 5.69. The summed E-state index contributed by atoms with van der Waals surface area (Å²) in [5, 5.41) is 5.16. The van der Waals surface area contributed by atoms with Crippen molar-refractivity contribution in [1.82, 2.24) is 0 Å². The molecule has 4 rings (SSSR count). The first-order chi connectivity index (χ1) is 17.8. The van der Waals surface area contributed by atoms with Crippen LogP contribution in [0.3, 0.4) is 0 Å². The van der Waals surface area contributed by atoms with Gasteiger partial charge < -0.3 is 13.3 Å². The minimum absolute atomic E-state index is 0.552. The summed E-state index contributed by atoms with van der Waals surface area (Å²) in [6.45, 7) is 5.76. The lowest BCUT2D eigenvalue weighted by Gasteiger charge is -2.36. The molecule has 0 spiro atoms. The summed E-state index contributed by atoms with van der Waals surface area (Å²) >= 11 is 0. The molecule has 0 heterocycles. The molecule has 0 aliphatic rings. The molecule has 0 aliphatic heterocycles. The molecule has 0 bridgehead atoms. The van der Waals surface area contributed by atoms with Crippen LogP contribution in [0.25, 0.3) is 0 Å². The van der Waals surface area contributed by atoms with E-state index in [0.717, 1.165) is 6.16 Å². The third-order valence-corrected chi connectivity index (χ3v) is 16.6. The Balaban J connectivity index is 1.67. The van der Waals surface area contributed by atoms with Crippen molar-refractivity contribution in [2.75, 3.05) is 26.0 Å². The van der Waals surface area contributed by atoms with Gasteiger partial charge in [-0.15, -0.1) is 0 Å². The molecule has 186 valence electrons. The minimum Gasteiger partial charge on any atom is -0.370 e. The molecule has 3 nitrogen and oxygen atoms in total. The van der Waals surface area contributed by atoms with Crippen molar-refractivity contribution >= 4 is 45.1 Å². The molecular formula is C30H34O3P2Si. The van der Waals surface area contributed by atoms with Gasteiger partial charge in [0.05, 0.1) is 0 Å². The van der Waals surface area contributed by atoms with Crippen LogP contribution in [-0.2, 0) is 13.3 Å². The fraction of sp³-hybridized carbons (Fsp3) is 0.200. The van der Waals surface area contributed by atoms with Crippen LogP contribution in [0.1, 0.15) is 13.8 Å². The summed E-state index contributed by atoms with van der Waals surface area (Å²) in [5.41, 5.74) is 0. The van der Waals surface area contributed by atoms with Crippen molar-refractivity contribution in [2.24, 2.45) is 0 Å². The van der Waals surface area contributed by atoms with Crippen LogP contribution in [0, 0.1) is 0 Å². The Morgan fingerprint density at radius 1 is 0.500 bits per heavy atom. The first kappa shape index (κ1) is 26.9. The highest BCUT2D eigenvalue weighted by Crippen LogP contribution is 2.47. The van der Waals surface area contributed by atoms with E-state index >= 15 is 0 Å². The van der Waals surface area contributed by atoms with E-state index in [1.54, 1.807) is 0 Å². The molecule has 0 fully saturated rings.